The van der Waals surface area contributed by atoms with Crippen molar-refractivity contribution in [2.45, 2.75) is 44.7 Å². The first-order chi connectivity index (χ1) is 9.08. The SMILES string of the molecule is CC(C(=N)N)N1CCN(C(=O)NC2CCCC2)CC1. The van der Waals surface area contributed by atoms with E-state index in [1.807, 2.05) is 11.8 Å². The number of nitrogens with one attached hydrogen (secondary N) is 2. The Kier molecular flexibility index (Phi) is 4.63. The van der Waals surface area contributed by atoms with Gasteiger partial charge in [-0.2, -0.15) is 0 Å². The molecule has 0 aromatic carbocycles. The zero-order valence-corrected chi connectivity index (χ0v) is 11.7. The van der Waals surface area contributed by atoms with Crippen molar-refractivity contribution in [2.24, 2.45) is 5.73 Å². The number of hydrogen-bond acceptors (Lipinski definition) is 3. The average Bonchev–Trinajstić information content (AvgIpc) is 2.90. The monoisotopic (exact) mass is 267 g/mol. The summed E-state index contributed by atoms with van der Waals surface area (Å²) in [5.41, 5.74) is 5.52. The van der Waals surface area contributed by atoms with E-state index in [1.165, 1.54) is 12.8 Å². The molecule has 2 amide bonds. The lowest BCUT2D eigenvalue weighted by Gasteiger charge is -2.37. The number of hydrogen-bond donors (Lipinski definition) is 3. The van der Waals surface area contributed by atoms with E-state index in [-0.39, 0.29) is 17.9 Å². The number of nitrogens with zero attached hydrogens (tertiary/aromatic N) is 2. The quantitative estimate of drug-likeness (QED) is 0.516. The molecule has 2 aliphatic rings. The first kappa shape index (κ1) is 14.1. The molecule has 6 nitrogen and oxygen atoms in total. The van der Waals surface area contributed by atoms with Crippen LogP contribution >= 0.6 is 0 Å². The highest BCUT2D eigenvalue weighted by molar-refractivity contribution is 5.82. The van der Waals surface area contributed by atoms with Gasteiger partial charge in [-0.25, -0.2) is 4.79 Å². The molecule has 1 aliphatic heterocycles. The Morgan fingerprint density at radius 3 is 2.37 bits per heavy atom. The summed E-state index contributed by atoms with van der Waals surface area (Å²) in [6.07, 6.45) is 4.70. The van der Waals surface area contributed by atoms with E-state index in [1.54, 1.807) is 0 Å². The van der Waals surface area contributed by atoms with Gasteiger partial charge in [0.1, 0.15) is 5.84 Å². The Balaban J connectivity index is 1.76. The van der Waals surface area contributed by atoms with Gasteiger partial charge in [-0.1, -0.05) is 12.8 Å². The minimum Gasteiger partial charge on any atom is -0.386 e. The van der Waals surface area contributed by atoms with Gasteiger partial charge in [-0.15, -0.1) is 0 Å². The number of urea groups is 1. The first-order valence-corrected chi connectivity index (χ1v) is 7.21. The van der Waals surface area contributed by atoms with Crippen LogP contribution < -0.4 is 11.1 Å². The molecule has 0 aromatic rings. The summed E-state index contributed by atoms with van der Waals surface area (Å²) in [7, 11) is 0. The van der Waals surface area contributed by atoms with Crippen LogP contribution in [0.15, 0.2) is 0 Å². The predicted molar refractivity (Wildman–Crippen MR) is 75.3 cm³/mol. The third-order valence-electron chi connectivity index (χ3n) is 4.28. The molecular weight excluding hydrogens is 242 g/mol. The highest BCUT2D eigenvalue weighted by Gasteiger charge is 2.26. The van der Waals surface area contributed by atoms with Crippen molar-refractivity contribution in [3.8, 4) is 0 Å². The third-order valence-corrected chi connectivity index (χ3v) is 4.28. The summed E-state index contributed by atoms with van der Waals surface area (Å²) >= 11 is 0. The molecule has 2 fully saturated rings. The van der Waals surface area contributed by atoms with Crippen LogP contribution in [0.5, 0.6) is 0 Å². The zero-order chi connectivity index (χ0) is 13.8. The number of carbonyl (C=O) groups excluding carboxylic acids is 1. The van der Waals surface area contributed by atoms with Gasteiger partial charge in [0.2, 0.25) is 0 Å². The smallest absolute Gasteiger partial charge is 0.317 e. The molecule has 1 saturated carbocycles. The van der Waals surface area contributed by atoms with Gasteiger partial charge in [0, 0.05) is 32.2 Å². The van der Waals surface area contributed by atoms with Crippen LogP contribution in [-0.2, 0) is 0 Å². The van der Waals surface area contributed by atoms with Crippen molar-refractivity contribution in [3.63, 3.8) is 0 Å². The highest BCUT2D eigenvalue weighted by atomic mass is 16.2. The van der Waals surface area contributed by atoms with Crippen molar-refractivity contribution in [3.05, 3.63) is 0 Å². The number of piperazine rings is 1. The summed E-state index contributed by atoms with van der Waals surface area (Å²) in [6.45, 7) is 4.96. The number of rotatable bonds is 3. The van der Waals surface area contributed by atoms with E-state index in [0.29, 0.717) is 6.04 Å². The zero-order valence-electron chi connectivity index (χ0n) is 11.7. The second kappa shape index (κ2) is 6.23. The van der Waals surface area contributed by atoms with Crippen molar-refractivity contribution in [2.75, 3.05) is 26.2 Å². The molecule has 1 unspecified atom stereocenters. The van der Waals surface area contributed by atoms with Crippen molar-refractivity contribution < 1.29 is 4.79 Å². The van der Waals surface area contributed by atoms with E-state index in [2.05, 4.69) is 10.2 Å². The summed E-state index contributed by atoms with van der Waals surface area (Å²) in [5, 5.41) is 10.6. The fourth-order valence-electron chi connectivity index (χ4n) is 2.85. The van der Waals surface area contributed by atoms with Crippen molar-refractivity contribution in [1.29, 1.82) is 5.41 Å². The van der Waals surface area contributed by atoms with Crippen LogP contribution in [0, 0.1) is 5.41 Å². The largest absolute Gasteiger partial charge is 0.386 e. The maximum atomic E-state index is 12.1. The maximum absolute atomic E-state index is 12.1. The van der Waals surface area contributed by atoms with E-state index in [0.717, 1.165) is 39.0 Å². The Labute approximate surface area is 114 Å². The predicted octanol–water partition coefficient (Wildman–Crippen LogP) is 0.581. The fourth-order valence-corrected chi connectivity index (χ4v) is 2.85. The van der Waals surface area contributed by atoms with Crippen LogP contribution in [0.4, 0.5) is 4.79 Å². The van der Waals surface area contributed by atoms with Crippen LogP contribution in [0.25, 0.3) is 0 Å². The molecule has 108 valence electrons. The minimum absolute atomic E-state index is 0.0277. The molecule has 1 saturated heterocycles. The Hall–Kier alpha value is -1.30. The molecule has 0 spiro atoms. The van der Waals surface area contributed by atoms with Gasteiger partial charge in [0.15, 0.2) is 0 Å². The number of amidine groups is 1. The van der Waals surface area contributed by atoms with Crippen LogP contribution in [0.1, 0.15) is 32.6 Å². The standard InChI is InChI=1S/C13H25N5O/c1-10(12(14)15)17-6-8-18(9-7-17)13(19)16-11-4-2-3-5-11/h10-11H,2-9H2,1H3,(H3,14,15)(H,16,19). The Morgan fingerprint density at radius 2 is 1.84 bits per heavy atom. The first-order valence-electron chi connectivity index (χ1n) is 7.21. The third kappa shape index (κ3) is 3.59. The molecule has 1 atom stereocenters. The summed E-state index contributed by atoms with van der Waals surface area (Å²) < 4.78 is 0. The van der Waals surface area contributed by atoms with E-state index in [4.69, 9.17) is 11.1 Å². The second-order valence-electron chi connectivity index (χ2n) is 5.59. The minimum atomic E-state index is -0.0277. The molecule has 19 heavy (non-hydrogen) atoms. The molecule has 0 bridgehead atoms. The summed E-state index contributed by atoms with van der Waals surface area (Å²) in [4.78, 5) is 16.1. The summed E-state index contributed by atoms with van der Waals surface area (Å²) in [6, 6.07) is 0.420. The van der Waals surface area contributed by atoms with Crippen molar-refractivity contribution in [1.82, 2.24) is 15.1 Å². The lowest BCUT2D eigenvalue weighted by atomic mass is 10.2. The Bertz CT molecular complexity index is 332. The number of amides is 2. The average molecular weight is 267 g/mol. The van der Waals surface area contributed by atoms with E-state index < -0.39 is 0 Å². The highest BCUT2D eigenvalue weighted by Crippen LogP contribution is 2.18. The van der Waals surface area contributed by atoms with E-state index in [9.17, 15) is 4.79 Å². The van der Waals surface area contributed by atoms with Crippen LogP contribution in [-0.4, -0.2) is 59.9 Å². The molecule has 2 rings (SSSR count). The fraction of sp³-hybridized carbons (Fsp3) is 0.846. The second-order valence-corrected chi connectivity index (χ2v) is 5.59. The van der Waals surface area contributed by atoms with Gasteiger partial charge in [0.05, 0.1) is 6.04 Å². The summed E-state index contributed by atoms with van der Waals surface area (Å²) in [5.74, 6) is 0.198. The lowest BCUT2D eigenvalue weighted by molar-refractivity contribution is 0.129. The molecule has 0 radical (unpaired) electrons. The van der Waals surface area contributed by atoms with Gasteiger partial charge < -0.3 is 16.0 Å². The molecule has 0 aromatic heterocycles. The number of nitrogens with two attached hydrogens (primary N) is 1. The van der Waals surface area contributed by atoms with Gasteiger partial charge in [0.25, 0.3) is 0 Å². The Morgan fingerprint density at radius 1 is 1.26 bits per heavy atom. The normalized spacial score (nSPS) is 23.3. The molecule has 1 aliphatic carbocycles. The molecule has 4 N–H and O–H groups in total. The van der Waals surface area contributed by atoms with Gasteiger partial charge in [-0.3, -0.25) is 10.3 Å². The molecule has 1 heterocycles. The van der Waals surface area contributed by atoms with Crippen molar-refractivity contribution >= 4 is 11.9 Å². The maximum Gasteiger partial charge on any atom is 0.317 e. The molecule has 6 heteroatoms. The molecular formula is C13H25N5O. The van der Waals surface area contributed by atoms with Crippen LogP contribution in [0.3, 0.4) is 0 Å². The topological polar surface area (TPSA) is 85.5 Å². The number of carbonyl (C=O) groups is 1. The van der Waals surface area contributed by atoms with Gasteiger partial charge >= 0.3 is 6.03 Å². The van der Waals surface area contributed by atoms with E-state index >= 15 is 0 Å². The van der Waals surface area contributed by atoms with Gasteiger partial charge in [-0.05, 0) is 19.8 Å². The lowest BCUT2D eigenvalue weighted by Crippen LogP contribution is -2.56. The van der Waals surface area contributed by atoms with Crippen LogP contribution in [0.2, 0.25) is 0 Å².